The number of alkyl halides is 7. The number of phenols is 3. The topological polar surface area (TPSA) is 84.2 Å². The van der Waals surface area contributed by atoms with Crippen LogP contribution in [-0.2, 0) is 0 Å². The summed E-state index contributed by atoms with van der Waals surface area (Å²) in [7, 11) is 0. The third-order valence-corrected chi connectivity index (χ3v) is 7.04. The number of rotatable bonds is 10. The molecule has 0 atom stereocenters. The van der Waals surface area contributed by atoms with E-state index in [-0.39, 0.29) is 0 Å². The van der Waals surface area contributed by atoms with Crippen LogP contribution in [-0.4, -0.2) is 45.9 Å². The van der Waals surface area contributed by atoms with E-state index in [1.807, 2.05) is 26.8 Å². The summed E-state index contributed by atoms with van der Waals surface area (Å²) in [5.74, 6) is -11.3. The number of fused-ring (bicyclic) bond motifs is 2. The Balaban J connectivity index is 2.11. The number of allylic oxidation sites excluding steroid dienone is 5. The molecule has 240 valence electrons. The molecule has 0 bridgehead atoms. The van der Waals surface area contributed by atoms with E-state index in [0.717, 1.165) is 41.0 Å². The number of phenolic OH excluding ortho intramolecular Hbond substituents is 3. The van der Waals surface area contributed by atoms with E-state index in [0.29, 0.717) is 31.0 Å². The molecule has 0 saturated carbocycles. The molecular weight excluding hydrogens is 597 g/mol. The lowest BCUT2D eigenvalue weighted by atomic mass is 10.1. The highest BCUT2D eigenvalue weighted by Gasteiger charge is 2.76. The molecule has 0 fully saturated rings. The maximum atomic E-state index is 15.5. The van der Waals surface area contributed by atoms with Crippen molar-refractivity contribution in [3.8, 4) is 17.2 Å². The average Bonchev–Trinajstić information content (AvgIpc) is 3.00. The number of amides is 1. The number of carbonyl (C=O) groups is 1. The smallest absolute Gasteiger partial charge is 0.462 e. The first-order chi connectivity index (χ1) is 20.3. The minimum Gasteiger partial charge on any atom is -0.508 e. The van der Waals surface area contributed by atoms with Crippen LogP contribution in [0.3, 0.4) is 0 Å². The third kappa shape index (κ3) is 6.81. The molecule has 1 aliphatic rings. The lowest BCUT2D eigenvalue weighted by molar-refractivity contribution is -0.352. The number of hydrogen-bond acceptors (Lipinski definition) is 5. The minimum atomic E-state index is -6.78. The fourth-order valence-electron chi connectivity index (χ4n) is 4.69. The van der Waals surface area contributed by atoms with Gasteiger partial charge >= 0.3 is 18.1 Å². The van der Waals surface area contributed by atoms with Crippen molar-refractivity contribution >= 4 is 23.0 Å². The zero-order valence-corrected chi connectivity index (χ0v) is 24.4. The second kappa shape index (κ2) is 12.8. The Labute approximate surface area is 250 Å². The quantitative estimate of drug-likeness (QED) is 0.139. The molecule has 1 amide bonds. The first-order valence-electron chi connectivity index (χ1n) is 13.6. The third-order valence-electron chi connectivity index (χ3n) is 7.04. The van der Waals surface area contributed by atoms with Crippen molar-refractivity contribution in [2.24, 2.45) is 0 Å². The van der Waals surface area contributed by atoms with Crippen LogP contribution in [0.1, 0.15) is 63.7 Å². The van der Waals surface area contributed by atoms with Gasteiger partial charge in [-0.25, -0.2) is 0 Å². The Bertz CT molecular complexity index is 1490. The van der Waals surface area contributed by atoms with Crippen LogP contribution in [0.2, 0.25) is 0 Å². The Kier molecular flexibility index (Phi) is 10.0. The van der Waals surface area contributed by atoms with Crippen molar-refractivity contribution in [3.63, 3.8) is 0 Å². The molecule has 0 aromatic heterocycles. The molecule has 1 aliphatic heterocycles. The van der Waals surface area contributed by atoms with Crippen LogP contribution in [0.15, 0.2) is 65.3 Å². The van der Waals surface area contributed by atoms with Gasteiger partial charge in [0.05, 0.1) is 11.3 Å². The summed E-state index contributed by atoms with van der Waals surface area (Å²) >= 11 is 0. The molecule has 0 saturated heterocycles. The summed E-state index contributed by atoms with van der Waals surface area (Å²) in [6.07, 6.45) is 1.79. The number of para-hydroxylation sites is 1. The lowest BCUT2D eigenvalue weighted by Gasteiger charge is -2.38. The molecule has 0 radical (unpaired) electrons. The predicted molar refractivity (Wildman–Crippen MR) is 153 cm³/mol. The molecule has 2 aromatic rings. The predicted octanol–water partition coefficient (Wildman–Crippen LogP) is 9.11. The van der Waals surface area contributed by atoms with Gasteiger partial charge in [0.2, 0.25) is 0 Å². The van der Waals surface area contributed by atoms with Gasteiger partial charge < -0.3 is 20.2 Å². The van der Waals surface area contributed by atoms with Crippen LogP contribution >= 0.6 is 0 Å². The van der Waals surface area contributed by atoms with Crippen LogP contribution in [0.5, 0.6) is 17.2 Å². The molecule has 0 unspecified atom stereocenters. The van der Waals surface area contributed by atoms with Gasteiger partial charge in [-0.2, -0.15) is 30.7 Å². The second-order valence-electron chi connectivity index (χ2n) is 10.8. The normalized spacial score (nSPS) is 14.8. The van der Waals surface area contributed by atoms with Crippen molar-refractivity contribution in [1.29, 1.82) is 0 Å². The number of carbonyl (C=O) groups excluding carboxylic acids is 1. The summed E-state index contributed by atoms with van der Waals surface area (Å²) in [6, 6.07) is -2.47. The van der Waals surface area contributed by atoms with Crippen LogP contribution in [0.4, 0.5) is 47.8 Å². The molecule has 1 heterocycles. The fraction of sp³-hybridized carbons (Fsp3) is 0.387. The van der Waals surface area contributed by atoms with Gasteiger partial charge in [0.15, 0.2) is 0 Å². The highest BCUT2D eigenvalue weighted by atomic mass is 19.4. The van der Waals surface area contributed by atoms with Gasteiger partial charge in [0.25, 0.3) is 5.91 Å². The Morgan fingerprint density at radius 2 is 1.39 bits per heavy atom. The van der Waals surface area contributed by atoms with E-state index in [2.05, 4.69) is 6.08 Å². The monoisotopic (exact) mass is 630 g/mol. The van der Waals surface area contributed by atoms with Crippen molar-refractivity contribution in [3.05, 3.63) is 70.8 Å². The number of anilines is 3. The largest absolute Gasteiger partial charge is 0.508 e. The Morgan fingerprint density at radius 3 is 1.98 bits per heavy atom. The highest BCUT2D eigenvalue weighted by Crippen LogP contribution is 2.58. The fourth-order valence-corrected chi connectivity index (χ4v) is 4.69. The molecule has 0 aliphatic carbocycles. The maximum absolute atomic E-state index is 15.5. The van der Waals surface area contributed by atoms with Crippen LogP contribution in [0.25, 0.3) is 0 Å². The summed E-state index contributed by atoms with van der Waals surface area (Å²) in [5.41, 5.74) is -1.29. The second-order valence-corrected chi connectivity index (χ2v) is 10.8. The van der Waals surface area contributed by atoms with Crippen molar-refractivity contribution in [2.45, 2.75) is 71.5 Å². The van der Waals surface area contributed by atoms with Crippen LogP contribution in [0, 0.1) is 0 Å². The molecular formula is C31H33F7N2O4. The zero-order chi connectivity index (χ0) is 33.2. The summed E-state index contributed by atoms with van der Waals surface area (Å²) in [4.78, 5) is 13.5. The molecule has 2 aromatic carbocycles. The van der Waals surface area contributed by atoms with E-state index in [1.54, 1.807) is 6.92 Å². The summed E-state index contributed by atoms with van der Waals surface area (Å²) < 4.78 is 99.8. The van der Waals surface area contributed by atoms with E-state index >= 15 is 8.78 Å². The zero-order valence-electron chi connectivity index (χ0n) is 24.4. The SMILES string of the molecule is CC(C)=CCCC(C)=CCCC(C)=CCN1C(=O)c2cccc(O)c2N(C(F)(F)C(F)(F)C(F)(F)F)c2c(O)cc(O)cc21. The van der Waals surface area contributed by atoms with Crippen LogP contribution < -0.4 is 9.80 Å². The Morgan fingerprint density at radius 1 is 0.795 bits per heavy atom. The molecule has 3 N–H and O–H groups in total. The van der Waals surface area contributed by atoms with Gasteiger partial charge in [-0.15, -0.1) is 0 Å². The highest BCUT2D eigenvalue weighted by molar-refractivity contribution is 6.15. The standard InChI is InChI=1S/C31H33F7N2O4/c1-18(2)8-5-9-19(3)10-6-11-20(4)14-15-39-23-16-21(41)17-25(43)27(23)40(31(37,38)29(32,33)30(34,35)36)26-22(28(39)44)12-7-13-24(26)42/h7-8,10,12-14,16-17,41-43H,5-6,9,11,15H2,1-4H3. The van der Waals surface area contributed by atoms with Crippen molar-refractivity contribution < 1.29 is 50.8 Å². The number of aromatic hydroxyl groups is 3. The molecule has 6 nitrogen and oxygen atoms in total. The minimum absolute atomic E-state index is 0.409. The van der Waals surface area contributed by atoms with Crippen molar-refractivity contribution in [2.75, 3.05) is 16.3 Å². The van der Waals surface area contributed by atoms with Gasteiger partial charge in [-0.05, 0) is 65.5 Å². The molecule has 3 rings (SSSR count). The maximum Gasteiger partial charge on any atom is 0.462 e. The van der Waals surface area contributed by atoms with E-state index < -0.39 is 75.4 Å². The van der Waals surface area contributed by atoms with E-state index in [1.165, 1.54) is 11.6 Å². The van der Waals surface area contributed by atoms with Gasteiger partial charge in [0, 0.05) is 18.7 Å². The first-order valence-corrected chi connectivity index (χ1v) is 13.6. The van der Waals surface area contributed by atoms with E-state index in [9.17, 15) is 42.1 Å². The number of hydrogen-bond donors (Lipinski definition) is 3. The number of nitrogens with zero attached hydrogens (tertiary/aromatic N) is 2. The number of benzene rings is 2. The molecule has 13 heteroatoms. The number of halogens is 7. The van der Waals surface area contributed by atoms with Gasteiger partial charge in [-0.3, -0.25) is 9.69 Å². The average molecular weight is 631 g/mol. The van der Waals surface area contributed by atoms with Crippen molar-refractivity contribution in [1.82, 2.24) is 0 Å². The summed E-state index contributed by atoms with van der Waals surface area (Å²) in [5, 5.41) is 31.2. The first kappa shape index (κ1) is 34.3. The lowest BCUT2D eigenvalue weighted by Crippen LogP contribution is -2.60. The molecule has 44 heavy (non-hydrogen) atoms. The van der Waals surface area contributed by atoms with Gasteiger partial charge in [0.1, 0.15) is 28.6 Å². The van der Waals surface area contributed by atoms with Gasteiger partial charge in [-0.1, -0.05) is 41.0 Å². The summed E-state index contributed by atoms with van der Waals surface area (Å²) in [6.45, 7) is 7.31. The molecule has 0 spiro atoms. The Hall–Kier alpha value is -4.16. The van der Waals surface area contributed by atoms with E-state index in [4.69, 9.17) is 0 Å².